The molecule has 1 amide bonds. The minimum Gasteiger partial charge on any atom is -0.355 e. The molecule has 2 rings (SSSR count). The maximum absolute atomic E-state index is 13.8. The van der Waals surface area contributed by atoms with Crippen LogP contribution in [0.5, 0.6) is 0 Å². The molecule has 0 radical (unpaired) electrons. The molecule has 1 aromatic heterocycles. The lowest BCUT2D eigenvalue weighted by atomic mass is 10.2. The Morgan fingerprint density at radius 2 is 2.04 bits per heavy atom. The summed E-state index contributed by atoms with van der Waals surface area (Å²) in [4.78, 5) is 12.0. The van der Waals surface area contributed by atoms with Gasteiger partial charge in [0.05, 0.1) is 10.8 Å². The van der Waals surface area contributed by atoms with Crippen LogP contribution in [0.25, 0.3) is 11.4 Å². The van der Waals surface area contributed by atoms with E-state index in [0.29, 0.717) is 17.6 Å². The molecule has 3 N–H and O–H groups in total. The number of halogens is 1. The number of amides is 1. The fraction of sp³-hybridized carbons (Fsp3) is 0.400. The number of hydrogen-bond acceptors (Lipinski definition) is 5. The highest BCUT2D eigenvalue weighted by atomic mass is 32.2. The zero-order valence-corrected chi connectivity index (χ0v) is 14.1. The van der Waals surface area contributed by atoms with Gasteiger partial charge < -0.3 is 11.2 Å². The summed E-state index contributed by atoms with van der Waals surface area (Å²) in [7, 11) is 0. The van der Waals surface area contributed by atoms with Gasteiger partial charge in [0.25, 0.3) is 0 Å². The lowest BCUT2D eigenvalue weighted by molar-refractivity contribution is -0.120. The average Bonchev–Trinajstić information content (AvgIpc) is 2.86. The third kappa shape index (κ3) is 4.22. The predicted octanol–water partition coefficient (Wildman–Crippen LogP) is 2.05. The van der Waals surface area contributed by atoms with E-state index < -0.39 is 5.82 Å². The Kier molecular flexibility index (Phi) is 5.59. The average molecular weight is 337 g/mol. The quantitative estimate of drug-likeness (QED) is 0.622. The molecule has 1 aromatic carbocycles. The van der Waals surface area contributed by atoms with Gasteiger partial charge in [-0.05, 0) is 25.0 Å². The first kappa shape index (κ1) is 17.3. The summed E-state index contributed by atoms with van der Waals surface area (Å²) in [5.41, 5.74) is 0.270. The Labute approximate surface area is 138 Å². The lowest BCUT2D eigenvalue weighted by Crippen LogP contribution is -2.33. The Bertz CT molecular complexity index is 688. The van der Waals surface area contributed by atoms with Gasteiger partial charge in [0.1, 0.15) is 5.82 Å². The Morgan fingerprint density at radius 1 is 1.35 bits per heavy atom. The number of nitrogens with two attached hydrogens (primary N) is 1. The van der Waals surface area contributed by atoms with Crippen molar-refractivity contribution in [3.63, 3.8) is 0 Å². The van der Waals surface area contributed by atoms with E-state index >= 15 is 0 Å². The molecule has 0 saturated carbocycles. The maximum Gasteiger partial charge on any atom is 0.233 e. The van der Waals surface area contributed by atoms with Crippen LogP contribution in [0.1, 0.15) is 20.8 Å². The second kappa shape index (κ2) is 7.45. The van der Waals surface area contributed by atoms with Crippen LogP contribution in [-0.2, 0) is 4.79 Å². The number of aromatic nitrogens is 3. The standard InChI is InChI=1S/C15H20FN5OS/c1-9(2)8-18-14(22)10(3)23-15-20-19-13(21(15)17)11-6-4-5-7-12(11)16/h4-7,9-10H,8,17H2,1-3H3,(H,18,22)/t10-/m1/s1. The van der Waals surface area contributed by atoms with Crippen LogP contribution in [0.3, 0.4) is 0 Å². The van der Waals surface area contributed by atoms with Gasteiger partial charge in [-0.15, -0.1) is 10.2 Å². The van der Waals surface area contributed by atoms with E-state index in [-0.39, 0.29) is 22.5 Å². The van der Waals surface area contributed by atoms with Gasteiger partial charge in [0.2, 0.25) is 11.1 Å². The molecule has 0 bridgehead atoms. The summed E-state index contributed by atoms with van der Waals surface area (Å²) < 4.78 is 15.0. The van der Waals surface area contributed by atoms with Crippen molar-refractivity contribution < 1.29 is 9.18 Å². The summed E-state index contributed by atoms with van der Waals surface area (Å²) in [6.07, 6.45) is 0. The van der Waals surface area contributed by atoms with Crippen LogP contribution in [0, 0.1) is 11.7 Å². The van der Waals surface area contributed by atoms with Gasteiger partial charge in [-0.2, -0.15) is 0 Å². The van der Waals surface area contributed by atoms with Gasteiger partial charge >= 0.3 is 0 Å². The van der Waals surface area contributed by atoms with Gasteiger partial charge in [-0.3, -0.25) is 4.79 Å². The molecule has 0 unspecified atom stereocenters. The first-order valence-corrected chi connectivity index (χ1v) is 8.18. The minimum atomic E-state index is -0.425. The molecule has 1 heterocycles. The summed E-state index contributed by atoms with van der Waals surface area (Å²) in [6, 6.07) is 6.20. The number of carbonyl (C=O) groups is 1. The maximum atomic E-state index is 13.8. The molecular weight excluding hydrogens is 317 g/mol. The van der Waals surface area contributed by atoms with Crippen molar-refractivity contribution in [3.8, 4) is 11.4 Å². The topological polar surface area (TPSA) is 85.8 Å². The normalized spacial score (nSPS) is 12.4. The highest BCUT2D eigenvalue weighted by molar-refractivity contribution is 8.00. The number of benzene rings is 1. The Hall–Kier alpha value is -2.09. The second-order valence-electron chi connectivity index (χ2n) is 5.56. The van der Waals surface area contributed by atoms with E-state index in [1.807, 2.05) is 13.8 Å². The largest absolute Gasteiger partial charge is 0.355 e. The summed E-state index contributed by atoms with van der Waals surface area (Å²) in [6.45, 7) is 6.42. The highest BCUT2D eigenvalue weighted by Gasteiger charge is 2.20. The molecule has 1 atom stereocenters. The number of carbonyl (C=O) groups excluding carboxylic acids is 1. The third-order valence-corrected chi connectivity index (χ3v) is 4.17. The predicted molar refractivity (Wildman–Crippen MR) is 88.7 cm³/mol. The molecule has 0 aliphatic heterocycles. The molecular formula is C15H20FN5OS. The van der Waals surface area contributed by atoms with Crippen LogP contribution in [0.2, 0.25) is 0 Å². The summed E-state index contributed by atoms with van der Waals surface area (Å²) in [5, 5.41) is 10.7. The van der Waals surface area contributed by atoms with Crippen molar-refractivity contribution in [2.45, 2.75) is 31.2 Å². The van der Waals surface area contributed by atoms with E-state index in [2.05, 4.69) is 15.5 Å². The van der Waals surface area contributed by atoms with Gasteiger partial charge in [-0.25, -0.2) is 9.07 Å². The van der Waals surface area contributed by atoms with Crippen molar-refractivity contribution in [2.24, 2.45) is 5.92 Å². The van der Waals surface area contributed by atoms with Crippen LogP contribution in [0.15, 0.2) is 29.4 Å². The molecule has 23 heavy (non-hydrogen) atoms. The molecule has 2 aromatic rings. The van der Waals surface area contributed by atoms with Crippen molar-refractivity contribution in [1.29, 1.82) is 0 Å². The SMILES string of the molecule is CC(C)CNC(=O)[C@@H](C)Sc1nnc(-c2ccccc2F)n1N. The fourth-order valence-electron chi connectivity index (χ4n) is 1.84. The summed E-state index contributed by atoms with van der Waals surface area (Å²) in [5.74, 6) is 6.02. The molecule has 0 spiro atoms. The van der Waals surface area contributed by atoms with Gasteiger partial charge in [0, 0.05) is 6.54 Å². The molecule has 0 fully saturated rings. The third-order valence-electron chi connectivity index (χ3n) is 3.12. The second-order valence-corrected chi connectivity index (χ2v) is 6.86. The molecule has 0 aliphatic rings. The smallest absolute Gasteiger partial charge is 0.233 e. The van der Waals surface area contributed by atoms with Crippen molar-refractivity contribution in [3.05, 3.63) is 30.1 Å². The van der Waals surface area contributed by atoms with Crippen LogP contribution in [-0.4, -0.2) is 32.6 Å². The van der Waals surface area contributed by atoms with Crippen LogP contribution in [0.4, 0.5) is 4.39 Å². The van der Waals surface area contributed by atoms with E-state index in [1.165, 1.54) is 22.5 Å². The fourth-order valence-corrected chi connectivity index (χ4v) is 2.64. The van der Waals surface area contributed by atoms with Gasteiger partial charge in [-0.1, -0.05) is 37.7 Å². The van der Waals surface area contributed by atoms with Crippen LogP contribution < -0.4 is 11.2 Å². The zero-order chi connectivity index (χ0) is 17.0. The molecule has 124 valence electrons. The number of nitrogens with one attached hydrogen (secondary N) is 1. The number of hydrogen-bond donors (Lipinski definition) is 2. The van der Waals surface area contributed by atoms with E-state index in [1.54, 1.807) is 25.1 Å². The van der Waals surface area contributed by atoms with E-state index in [0.717, 1.165) is 0 Å². The number of thioether (sulfide) groups is 1. The molecule has 0 saturated heterocycles. The first-order valence-electron chi connectivity index (χ1n) is 7.30. The number of nitrogens with zero attached hydrogens (tertiary/aromatic N) is 3. The Morgan fingerprint density at radius 3 is 2.70 bits per heavy atom. The first-order chi connectivity index (χ1) is 10.9. The lowest BCUT2D eigenvalue weighted by Gasteiger charge is -2.12. The summed E-state index contributed by atoms with van der Waals surface area (Å²) >= 11 is 1.18. The minimum absolute atomic E-state index is 0.0980. The van der Waals surface area contributed by atoms with Crippen LogP contribution >= 0.6 is 11.8 Å². The molecule has 0 aliphatic carbocycles. The van der Waals surface area contributed by atoms with E-state index in [9.17, 15) is 9.18 Å². The Balaban J connectivity index is 2.11. The van der Waals surface area contributed by atoms with Crippen molar-refractivity contribution in [2.75, 3.05) is 12.4 Å². The highest BCUT2D eigenvalue weighted by Crippen LogP contribution is 2.26. The van der Waals surface area contributed by atoms with E-state index in [4.69, 9.17) is 5.84 Å². The van der Waals surface area contributed by atoms with Crippen molar-refractivity contribution >= 4 is 17.7 Å². The van der Waals surface area contributed by atoms with Crippen molar-refractivity contribution in [1.82, 2.24) is 20.2 Å². The monoisotopic (exact) mass is 337 g/mol. The molecule has 8 heteroatoms. The zero-order valence-electron chi connectivity index (χ0n) is 13.3. The number of nitrogen functional groups attached to an aromatic ring is 1. The molecule has 6 nitrogen and oxygen atoms in total. The number of rotatable bonds is 6. The van der Waals surface area contributed by atoms with Gasteiger partial charge in [0.15, 0.2) is 5.82 Å².